The normalized spacial score (nSPS) is 28.2. The molecule has 1 aliphatic carbocycles. The minimum atomic E-state index is -3.06. The second-order valence-corrected chi connectivity index (χ2v) is 8.31. The first-order chi connectivity index (χ1) is 11.2. The summed E-state index contributed by atoms with van der Waals surface area (Å²) in [6.45, 7) is 2.12. The van der Waals surface area contributed by atoms with E-state index in [1.165, 1.54) is 5.56 Å². The van der Waals surface area contributed by atoms with Crippen LogP contribution >= 0.6 is 7.37 Å². The number of allylic oxidation sites excluding steroid dienone is 2. The SMILES string of the molecule is CCc1ccc(P2(=O)OC3C=CC=CC3c3ccccc32)cc1. The third-order valence-corrected chi connectivity index (χ3v) is 7.21. The fraction of sp³-hybridized carbons (Fsp3) is 0.200. The molecule has 3 heteroatoms. The predicted molar refractivity (Wildman–Crippen MR) is 95.0 cm³/mol. The van der Waals surface area contributed by atoms with Gasteiger partial charge in [0.15, 0.2) is 0 Å². The Kier molecular flexibility index (Phi) is 3.60. The molecule has 23 heavy (non-hydrogen) atoms. The van der Waals surface area contributed by atoms with Crippen LogP contribution < -0.4 is 10.6 Å². The van der Waals surface area contributed by atoms with Gasteiger partial charge in [-0.1, -0.05) is 61.6 Å². The number of fused-ring (bicyclic) bond motifs is 3. The van der Waals surface area contributed by atoms with Crippen molar-refractivity contribution in [3.05, 3.63) is 84.0 Å². The molecule has 0 fully saturated rings. The van der Waals surface area contributed by atoms with Gasteiger partial charge in [0.1, 0.15) is 0 Å². The number of benzene rings is 2. The highest BCUT2D eigenvalue weighted by atomic mass is 31.2. The van der Waals surface area contributed by atoms with Crippen LogP contribution in [-0.4, -0.2) is 6.10 Å². The summed E-state index contributed by atoms with van der Waals surface area (Å²) in [7, 11) is -3.06. The maximum Gasteiger partial charge on any atom is 0.262 e. The predicted octanol–water partition coefficient (Wildman–Crippen LogP) is 4.09. The van der Waals surface area contributed by atoms with Crippen molar-refractivity contribution in [2.24, 2.45) is 0 Å². The first-order valence-corrected chi connectivity index (χ1v) is 9.67. The monoisotopic (exact) mass is 322 g/mol. The lowest BCUT2D eigenvalue weighted by Gasteiger charge is -2.36. The smallest absolute Gasteiger partial charge is 0.262 e. The molecule has 1 heterocycles. The quantitative estimate of drug-likeness (QED) is 0.779. The fourth-order valence-electron chi connectivity index (χ4n) is 3.36. The van der Waals surface area contributed by atoms with Gasteiger partial charge in [-0.25, -0.2) is 0 Å². The second kappa shape index (κ2) is 5.63. The summed E-state index contributed by atoms with van der Waals surface area (Å²) in [5, 5.41) is 1.62. The Balaban J connectivity index is 1.88. The number of hydrogen-bond acceptors (Lipinski definition) is 2. The zero-order valence-corrected chi connectivity index (χ0v) is 13.9. The molecule has 0 bridgehead atoms. The molecule has 3 unspecified atom stereocenters. The van der Waals surface area contributed by atoms with E-state index >= 15 is 0 Å². The molecule has 2 aliphatic rings. The van der Waals surface area contributed by atoms with Gasteiger partial charge >= 0.3 is 0 Å². The minimum Gasteiger partial charge on any atom is -0.314 e. The average Bonchev–Trinajstić information content (AvgIpc) is 2.62. The molecule has 3 atom stereocenters. The second-order valence-electron chi connectivity index (χ2n) is 6.00. The molecular weight excluding hydrogens is 303 g/mol. The van der Waals surface area contributed by atoms with Crippen molar-refractivity contribution in [3.63, 3.8) is 0 Å². The average molecular weight is 322 g/mol. The third-order valence-electron chi connectivity index (χ3n) is 4.65. The molecule has 0 aromatic heterocycles. The summed E-state index contributed by atoms with van der Waals surface area (Å²) in [5.74, 6) is 0.146. The molecular formula is C20H19O2P. The number of rotatable bonds is 2. The Morgan fingerprint density at radius 1 is 1.00 bits per heavy atom. The summed E-state index contributed by atoms with van der Waals surface area (Å²) in [6.07, 6.45) is 8.96. The lowest BCUT2D eigenvalue weighted by atomic mass is 9.90. The largest absolute Gasteiger partial charge is 0.314 e. The van der Waals surface area contributed by atoms with Gasteiger partial charge in [0.2, 0.25) is 0 Å². The topological polar surface area (TPSA) is 26.3 Å². The van der Waals surface area contributed by atoms with Crippen molar-refractivity contribution < 1.29 is 9.09 Å². The summed E-state index contributed by atoms with van der Waals surface area (Å²) in [6, 6.07) is 16.0. The van der Waals surface area contributed by atoms with Gasteiger partial charge in [0.25, 0.3) is 7.37 Å². The molecule has 0 spiro atoms. The van der Waals surface area contributed by atoms with E-state index in [1.807, 2.05) is 60.7 Å². The Labute approximate surface area is 137 Å². The maximum atomic E-state index is 13.8. The van der Waals surface area contributed by atoms with E-state index in [2.05, 4.69) is 19.1 Å². The summed E-state index contributed by atoms with van der Waals surface area (Å²) in [5.41, 5.74) is 2.36. The Morgan fingerprint density at radius 2 is 1.74 bits per heavy atom. The van der Waals surface area contributed by atoms with Gasteiger partial charge < -0.3 is 4.52 Å². The van der Waals surface area contributed by atoms with Gasteiger partial charge in [-0.2, -0.15) is 0 Å². The van der Waals surface area contributed by atoms with Crippen LogP contribution in [0.15, 0.2) is 72.8 Å². The van der Waals surface area contributed by atoms with Crippen molar-refractivity contribution in [2.75, 3.05) is 0 Å². The molecule has 2 nitrogen and oxygen atoms in total. The van der Waals surface area contributed by atoms with Crippen LogP contribution in [0.4, 0.5) is 0 Å². The van der Waals surface area contributed by atoms with Crippen LogP contribution in [0.1, 0.15) is 24.0 Å². The maximum absolute atomic E-state index is 13.8. The van der Waals surface area contributed by atoms with Gasteiger partial charge in [-0.3, -0.25) is 4.57 Å². The van der Waals surface area contributed by atoms with Crippen LogP contribution in [0.5, 0.6) is 0 Å². The standard InChI is InChI=1S/C20H19O2P/c1-2-15-11-13-16(14-12-15)23(21)20-10-6-4-8-18(20)17-7-3-5-9-19(17)22-23/h3-14,17,19H,2H2,1H3. The molecule has 0 saturated carbocycles. The van der Waals surface area contributed by atoms with Gasteiger partial charge in [0, 0.05) is 16.5 Å². The number of aryl methyl sites for hydroxylation is 1. The van der Waals surface area contributed by atoms with Crippen LogP contribution in [0.3, 0.4) is 0 Å². The summed E-state index contributed by atoms with van der Waals surface area (Å²) < 4.78 is 20.0. The van der Waals surface area contributed by atoms with E-state index in [1.54, 1.807) is 0 Å². The van der Waals surface area contributed by atoms with E-state index in [-0.39, 0.29) is 12.0 Å². The molecule has 4 rings (SSSR count). The molecule has 0 amide bonds. The molecule has 0 N–H and O–H groups in total. The van der Waals surface area contributed by atoms with Crippen molar-refractivity contribution >= 4 is 18.0 Å². The molecule has 116 valence electrons. The van der Waals surface area contributed by atoms with Crippen molar-refractivity contribution in [3.8, 4) is 0 Å². The molecule has 2 aromatic rings. The first kappa shape index (κ1) is 14.7. The van der Waals surface area contributed by atoms with Gasteiger partial charge in [0.05, 0.1) is 6.10 Å². The summed E-state index contributed by atoms with van der Waals surface area (Å²) >= 11 is 0. The highest BCUT2D eigenvalue weighted by molar-refractivity contribution is 7.74. The van der Waals surface area contributed by atoms with Crippen LogP contribution in [-0.2, 0) is 15.5 Å². The molecule has 0 saturated heterocycles. The van der Waals surface area contributed by atoms with E-state index in [0.29, 0.717) is 0 Å². The molecule has 2 aromatic carbocycles. The van der Waals surface area contributed by atoms with Crippen molar-refractivity contribution in [1.29, 1.82) is 0 Å². The minimum absolute atomic E-state index is 0.146. The first-order valence-electron chi connectivity index (χ1n) is 8.05. The molecule has 1 aliphatic heterocycles. The third kappa shape index (κ3) is 2.34. The van der Waals surface area contributed by atoms with Gasteiger partial charge in [-0.15, -0.1) is 0 Å². The van der Waals surface area contributed by atoms with E-state index in [4.69, 9.17) is 4.52 Å². The van der Waals surface area contributed by atoms with E-state index in [0.717, 1.165) is 22.6 Å². The zero-order chi connectivity index (χ0) is 15.9. The summed E-state index contributed by atoms with van der Waals surface area (Å²) in [4.78, 5) is 0. The van der Waals surface area contributed by atoms with E-state index < -0.39 is 7.37 Å². The Hall–Kier alpha value is -1.89. The lowest BCUT2D eigenvalue weighted by molar-refractivity contribution is 0.236. The van der Waals surface area contributed by atoms with Crippen LogP contribution in [0.25, 0.3) is 0 Å². The van der Waals surface area contributed by atoms with E-state index in [9.17, 15) is 4.57 Å². The fourth-order valence-corrected chi connectivity index (χ4v) is 5.81. The van der Waals surface area contributed by atoms with Crippen LogP contribution in [0.2, 0.25) is 0 Å². The van der Waals surface area contributed by atoms with Crippen LogP contribution in [0, 0.1) is 0 Å². The highest BCUT2D eigenvalue weighted by Crippen LogP contribution is 2.54. The number of hydrogen-bond donors (Lipinski definition) is 0. The Morgan fingerprint density at radius 3 is 2.52 bits per heavy atom. The Bertz CT molecular complexity index is 833. The van der Waals surface area contributed by atoms with Gasteiger partial charge in [-0.05, 0) is 35.7 Å². The lowest BCUT2D eigenvalue weighted by Crippen LogP contribution is -2.35. The van der Waals surface area contributed by atoms with Crippen molar-refractivity contribution in [1.82, 2.24) is 0 Å². The highest BCUT2D eigenvalue weighted by Gasteiger charge is 2.42. The van der Waals surface area contributed by atoms with Crippen molar-refractivity contribution in [2.45, 2.75) is 25.4 Å². The molecule has 0 radical (unpaired) electrons. The zero-order valence-electron chi connectivity index (χ0n) is 13.1.